The molecule has 0 fully saturated rings. The van der Waals surface area contributed by atoms with Gasteiger partial charge in [0.2, 0.25) is 5.91 Å². The Morgan fingerprint density at radius 2 is 1.79 bits per heavy atom. The van der Waals surface area contributed by atoms with Gasteiger partial charge in [-0.25, -0.2) is 0 Å². The molecule has 1 aliphatic rings. The van der Waals surface area contributed by atoms with Gasteiger partial charge in [-0.3, -0.25) is 4.79 Å². The lowest BCUT2D eigenvalue weighted by atomic mass is 10.0. The number of carbonyl (C=O) groups excluding carboxylic acids is 1. The van der Waals surface area contributed by atoms with Crippen molar-refractivity contribution in [1.82, 2.24) is 4.90 Å². The average molecular weight is 323 g/mol. The minimum Gasteiger partial charge on any atom is -0.399 e. The first kappa shape index (κ1) is 16.5. The van der Waals surface area contributed by atoms with E-state index in [-0.39, 0.29) is 5.91 Å². The molecular formula is C20H25N3O. The van der Waals surface area contributed by atoms with Crippen LogP contribution in [-0.4, -0.2) is 37.5 Å². The highest BCUT2D eigenvalue weighted by molar-refractivity contribution is 5.96. The van der Waals surface area contributed by atoms with Crippen LogP contribution in [-0.2, 0) is 17.6 Å². The van der Waals surface area contributed by atoms with E-state index in [9.17, 15) is 4.79 Å². The molecule has 3 rings (SSSR count). The Morgan fingerprint density at radius 3 is 2.58 bits per heavy atom. The van der Waals surface area contributed by atoms with Crippen molar-refractivity contribution in [1.29, 1.82) is 0 Å². The van der Waals surface area contributed by atoms with Crippen molar-refractivity contribution < 1.29 is 4.79 Å². The zero-order valence-corrected chi connectivity index (χ0v) is 14.2. The van der Waals surface area contributed by atoms with Crippen LogP contribution in [0.4, 0.5) is 11.4 Å². The lowest BCUT2D eigenvalue weighted by Gasteiger charge is -2.31. The Kier molecular flexibility index (Phi) is 5.16. The normalized spacial score (nSPS) is 14.1. The largest absolute Gasteiger partial charge is 0.399 e. The van der Waals surface area contributed by atoms with Gasteiger partial charge in [0, 0.05) is 37.4 Å². The highest BCUT2D eigenvalue weighted by atomic mass is 16.2. The Labute approximate surface area is 143 Å². The van der Waals surface area contributed by atoms with Crippen molar-refractivity contribution >= 4 is 17.3 Å². The summed E-state index contributed by atoms with van der Waals surface area (Å²) in [6.45, 7) is 2.58. The third kappa shape index (κ3) is 3.95. The quantitative estimate of drug-likeness (QED) is 0.832. The van der Waals surface area contributed by atoms with Gasteiger partial charge in [0.15, 0.2) is 0 Å². The molecule has 2 aromatic carbocycles. The Morgan fingerprint density at radius 1 is 1.04 bits per heavy atom. The Balaban J connectivity index is 1.53. The molecule has 0 radical (unpaired) electrons. The van der Waals surface area contributed by atoms with E-state index in [1.165, 1.54) is 11.1 Å². The van der Waals surface area contributed by atoms with E-state index in [2.05, 4.69) is 36.2 Å². The highest BCUT2D eigenvalue weighted by Crippen LogP contribution is 2.27. The number of para-hydroxylation sites is 1. The summed E-state index contributed by atoms with van der Waals surface area (Å²) in [6.07, 6.45) is 2.46. The van der Waals surface area contributed by atoms with Crippen LogP contribution in [0, 0.1) is 0 Å². The van der Waals surface area contributed by atoms with Crippen molar-refractivity contribution in [3.63, 3.8) is 0 Å². The highest BCUT2D eigenvalue weighted by Gasteiger charge is 2.23. The van der Waals surface area contributed by atoms with Gasteiger partial charge in [0.1, 0.15) is 0 Å². The van der Waals surface area contributed by atoms with Gasteiger partial charge < -0.3 is 15.5 Å². The molecule has 2 aromatic rings. The van der Waals surface area contributed by atoms with Gasteiger partial charge in [-0.15, -0.1) is 0 Å². The number of anilines is 2. The number of nitrogen functional groups attached to an aromatic ring is 1. The Hall–Kier alpha value is -2.33. The molecule has 4 nitrogen and oxygen atoms in total. The zero-order chi connectivity index (χ0) is 16.9. The molecule has 1 aliphatic heterocycles. The molecule has 0 unspecified atom stereocenters. The van der Waals surface area contributed by atoms with Crippen LogP contribution < -0.4 is 10.6 Å². The SMILES string of the molecule is CN(CCc1ccc(N)cc1)CCN1C(=O)CCc2ccccc21. The third-order valence-corrected chi connectivity index (χ3v) is 4.66. The van der Waals surface area contributed by atoms with Crippen LogP contribution in [0.25, 0.3) is 0 Å². The van der Waals surface area contributed by atoms with Crippen LogP contribution in [0.15, 0.2) is 48.5 Å². The van der Waals surface area contributed by atoms with Crippen LogP contribution in [0.5, 0.6) is 0 Å². The van der Waals surface area contributed by atoms with E-state index in [1.54, 1.807) is 0 Å². The van der Waals surface area contributed by atoms with E-state index in [0.29, 0.717) is 6.42 Å². The fourth-order valence-electron chi connectivity index (χ4n) is 3.13. The fraction of sp³-hybridized carbons (Fsp3) is 0.350. The van der Waals surface area contributed by atoms with Gasteiger partial charge in [0.25, 0.3) is 0 Å². The lowest BCUT2D eigenvalue weighted by molar-refractivity contribution is -0.118. The maximum absolute atomic E-state index is 12.3. The molecule has 1 heterocycles. The van der Waals surface area contributed by atoms with Gasteiger partial charge in [-0.05, 0) is 49.2 Å². The second-order valence-corrected chi connectivity index (χ2v) is 6.47. The second kappa shape index (κ2) is 7.49. The number of benzene rings is 2. The molecule has 24 heavy (non-hydrogen) atoms. The topological polar surface area (TPSA) is 49.6 Å². The summed E-state index contributed by atoms with van der Waals surface area (Å²) >= 11 is 0. The molecule has 0 aliphatic carbocycles. The summed E-state index contributed by atoms with van der Waals surface area (Å²) in [5.74, 6) is 0.237. The molecule has 0 aromatic heterocycles. The number of hydrogen-bond acceptors (Lipinski definition) is 3. The molecule has 2 N–H and O–H groups in total. The predicted octanol–water partition coefficient (Wildman–Crippen LogP) is 2.72. The number of nitrogens with two attached hydrogens (primary N) is 1. The number of fused-ring (bicyclic) bond motifs is 1. The van der Waals surface area contributed by atoms with Crippen LogP contribution >= 0.6 is 0 Å². The van der Waals surface area contributed by atoms with E-state index >= 15 is 0 Å². The van der Waals surface area contributed by atoms with Crippen LogP contribution in [0.2, 0.25) is 0 Å². The van der Waals surface area contributed by atoms with Gasteiger partial charge >= 0.3 is 0 Å². The van der Waals surface area contributed by atoms with Crippen molar-refractivity contribution in [3.05, 3.63) is 59.7 Å². The molecule has 4 heteroatoms. The molecule has 0 atom stereocenters. The van der Waals surface area contributed by atoms with Gasteiger partial charge in [0.05, 0.1) is 0 Å². The van der Waals surface area contributed by atoms with Gasteiger partial charge in [-0.2, -0.15) is 0 Å². The molecule has 0 saturated carbocycles. The van der Waals surface area contributed by atoms with E-state index < -0.39 is 0 Å². The molecular weight excluding hydrogens is 298 g/mol. The summed E-state index contributed by atoms with van der Waals surface area (Å²) in [6, 6.07) is 16.3. The smallest absolute Gasteiger partial charge is 0.227 e. The maximum Gasteiger partial charge on any atom is 0.227 e. The average Bonchev–Trinajstić information content (AvgIpc) is 2.60. The minimum absolute atomic E-state index is 0.237. The minimum atomic E-state index is 0.237. The first-order valence-electron chi connectivity index (χ1n) is 8.55. The fourth-order valence-corrected chi connectivity index (χ4v) is 3.13. The monoisotopic (exact) mass is 323 g/mol. The summed E-state index contributed by atoms with van der Waals surface area (Å²) in [7, 11) is 2.11. The van der Waals surface area contributed by atoms with Crippen molar-refractivity contribution in [2.75, 3.05) is 37.3 Å². The summed E-state index contributed by atoms with van der Waals surface area (Å²) < 4.78 is 0. The van der Waals surface area contributed by atoms with E-state index in [4.69, 9.17) is 5.73 Å². The van der Waals surface area contributed by atoms with E-state index in [0.717, 1.165) is 43.9 Å². The van der Waals surface area contributed by atoms with Crippen LogP contribution in [0.1, 0.15) is 17.5 Å². The number of aryl methyl sites for hydroxylation is 1. The van der Waals surface area contributed by atoms with Crippen molar-refractivity contribution in [2.45, 2.75) is 19.3 Å². The van der Waals surface area contributed by atoms with Crippen molar-refractivity contribution in [2.24, 2.45) is 0 Å². The number of likely N-dealkylation sites (N-methyl/N-ethyl adjacent to an activating group) is 1. The van der Waals surface area contributed by atoms with E-state index in [1.807, 2.05) is 29.2 Å². The molecule has 0 spiro atoms. The molecule has 0 bridgehead atoms. The Bertz CT molecular complexity index is 696. The number of hydrogen-bond donors (Lipinski definition) is 1. The molecule has 0 saturated heterocycles. The number of rotatable bonds is 6. The second-order valence-electron chi connectivity index (χ2n) is 6.47. The number of carbonyl (C=O) groups is 1. The first-order chi connectivity index (χ1) is 11.6. The van der Waals surface area contributed by atoms with Crippen LogP contribution in [0.3, 0.4) is 0 Å². The standard InChI is InChI=1S/C20H25N3O/c1-22(13-12-16-6-9-18(21)10-7-16)14-15-23-19-5-3-2-4-17(19)8-11-20(23)24/h2-7,9-10H,8,11-15,21H2,1H3. The number of nitrogens with zero attached hydrogens (tertiary/aromatic N) is 2. The zero-order valence-electron chi connectivity index (χ0n) is 14.2. The summed E-state index contributed by atoms with van der Waals surface area (Å²) in [5, 5.41) is 0. The summed E-state index contributed by atoms with van der Waals surface area (Å²) in [5.41, 5.74) is 10.2. The third-order valence-electron chi connectivity index (χ3n) is 4.66. The number of amides is 1. The first-order valence-corrected chi connectivity index (χ1v) is 8.55. The lowest BCUT2D eigenvalue weighted by Crippen LogP contribution is -2.40. The summed E-state index contributed by atoms with van der Waals surface area (Å²) in [4.78, 5) is 16.5. The van der Waals surface area contributed by atoms with Crippen molar-refractivity contribution in [3.8, 4) is 0 Å². The molecule has 1 amide bonds. The molecule has 126 valence electrons. The predicted molar refractivity (Wildman–Crippen MR) is 99.2 cm³/mol. The maximum atomic E-state index is 12.3. The van der Waals surface area contributed by atoms with Gasteiger partial charge in [-0.1, -0.05) is 30.3 Å².